The van der Waals surface area contributed by atoms with E-state index in [1.807, 2.05) is 24.6 Å². The smallest absolute Gasteiger partial charge is 0.225 e. The van der Waals surface area contributed by atoms with Crippen molar-refractivity contribution in [2.75, 3.05) is 12.4 Å². The van der Waals surface area contributed by atoms with Gasteiger partial charge in [-0.1, -0.05) is 25.2 Å². The lowest BCUT2D eigenvalue weighted by atomic mass is 9.87. The maximum Gasteiger partial charge on any atom is 0.225 e. The van der Waals surface area contributed by atoms with Gasteiger partial charge in [-0.15, -0.1) is 10.2 Å². The second-order valence-corrected chi connectivity index (χ2v) is 11.1. The third kappa shape index (κ3) is 4.42. The van der Waals surface area contributed by atoms with Crippen LogP contribution in [0.15, 0.2) is 29.0 Å². The van der Waals surface area contributed by atoms with Gasteiger partial charge in [-0.25, -0.2) is 9.67 Å². The van der Waals surface area contributed by atoms with Gasteiger partial charge in [0.05, 0.1) is 11.1 Å². The lowest BCUT2D eigenvalue weighted by Gasteiger charge is -2.22. The van der Waals surface area contributed by atoms with Gasteiger partial charge in [0.25, 0.3) is 0 Å². The first-order valence-electron chi connectivity index (χ1n) is 11.6. The quantitative estimate of drug-likeness (QED) is 0.355. The zero-order chi connectivity index (χ0) is 24.7. The van der Waals surface area contributed by atoms with Crippen molar-refractivity contribution < 1.29 is 4.79 Å². The molecular formula is C24H27BrN8OS. The molecule has 0 unspecified atom stereocenters. The van der Waals surface area contributed by atoms with Crippen molar-refractivity contribution in [2.24, 2.45) is 5.41 Å². The molecule has 3 heterocycles. The van der Waals surface area contributed by atoms with E-state index in [2.05, 4.69) is 60.8 Å². The molecule has 0 radical (unpaired) electrons. The fourth-order valence-corrected chi connectivity index (χ4v) is 5.98. The number of amides is 1. The van der Waals surface area contributed by atoms with Crippen LogP contribution in [0, 0.1) is 12.3 Å². The van der Waals surface area contributed by atoms with Crippen LogP contribution in [-0.4, -0.2) is 48.9 Å². The third-order valence-electron chi connectivity index (χ3n) is 6.70. The monoisotopic (exact) mass is 554 g/mol. The number of hydrogen-bond donors (Lipinski definition) is 2. The van der Waals surface area contributed by atoms with Crippen molar-refractivity contribution >= 4 is 50.2 Å². The first-order valence-corrected chi connectivity index (χ1v) is 13.3. The summed E-state index contributed by atoms with van der Waals surface area (Å²) in [5, 5.41) is 22.1. The van der Waals surface area contributed by atoms with Gasteiger partial charge in [0.15, 0.2) is 5.65 Å². The first kappa shape index (κ1) is 23.8. The van der Waals surface area contributed by atoms with Crippen LogP contribution in [0.5, 0.6) is 0 Å². The Morgan fingerprint density at radius 1 is 1.34 bits per heavy atom. The van der Waals surface area contributed by atoms with E-state index in [9.17, 15) is 4.79 Å². The fraction of sp³-hybridized carbons (Fsp3) is 0.417. The summed E-state index contributed by atoms with van der Waals surface area (Å²) in [5.74, 6) is 0.619. The summed E-state index contributed by atoms with van der Waals surface area (Å²) in [6.45, 7) is 6.11. The van der Waals surface area contributed by atoms with E-state index in [4.69, 9.17) is 10.1 Å². The van der Waals surface area contributed by atoms with Crippen molar-refractivity contribution in [3.8, 4) is 16.3 Å². The summed E-state index contributed by atoms with van der Waals surface area (Å²) >= 11 is 5.16. The van der Waals surface area contributed by atoms with Crippen molar-refractivity contribution in [2.45, 2.75) is 52.5 Å². The molecule has 1 aromatic carbocycles. The van der Waals surface area contributed by atoms with Crippen LogP contribution >= 0.6 is 27.3 Å². The van der Waals surface area contributed by atoms with E-state index in [0.29, 0.717) is 16.2 Å². The molecule has 1 aliphatic rings. The van der Waals surface area contributed by atoms with Crippen molar-refractivity contribution in [3.05, 3.63) is 39.6 Å². The number of nitrogens with zero attached hydrogens (tertiary/aromatic N) is 6. The van der Waals surface area contributed by atoms with Crippen LogP contribution < -0.4 is 10.6 Å². The first-order chi connectivity index (χ1) is 16.8. The molecule has 11 heteroatoms. The summed E-state index contributed by atoms with van der Waals surface area (Å²) < 4.78 is 2.53. The van der Waals surface area contributed by atoms with E-state index < -0.39 is 0 Å². The number of anilines is 1. The minimum absolute atomic E-state index is 0.0824. The van der Waals surface area contributed by atoms with Gasteiger partial charge in [0, 0.05) is 30.3 Å². The van der Waals surface area contributed by atoms with Gasteiger partial charge in [0.2, 0.25) is 11.9 Å². The van der Waals surface area contributed by atoms with E-state index in [1.165, 1.54) is 5.56 Å². The van der Waals surface area contributed by atoms with E-state index >= 15 is 0 Å². The summed E-state index contributed by atoms with van der Waals surface area (Å²) in [5.41, 5.74) is 3.52. The Hall–Kier alpha value is -2.92. The van der Waals surface area contributed by atoms with E-state index in [1.54, 1.807) is 24.6 Å². The highest BCUT2D eigenvalue weighted by Crippen LogP contribution is 2.39. The van der Waals surface area contributed by atoms with Crippen LogP contribution in [0.4, 0.5) is 5.95 Å². The molecule has 0 spiro atoms. The van der Waals surface area contributed by atoms with Crippen LogP contribution in [0.25, 0.3) is 27.3 Å². The zero-order valence-electron chi connectivity index (χ0n) is 20.1. The van der Waals surface area contributed by atoms with Crippen molar-refractivity contribution in [1.82, 2.24) is 35.3 Å². The molecule has 2 N–H and O–H groups in total. The number of nitrogens with one attached hydrogen (secondary N) is 2. The zero-order valence-corrected chi connectivity index (χ0v) is 22.5. The Bertz CT molecular complexity index is 1420. The van der Waals surface area contributed by atoms with Crippen LogP contribution in [0.2, 0.25) is 0 Å². The van der Waals surface area contributed by atoms with Gasteiger partial charge in [-0.05, 0) is 72.3 Å². The summed E-state index contributed by atoms with van der Waals surface area (Å²) in [6.07, 6.45) is 5.10. The second-order valence-electron chi connectivity index (χ2n) is 9.18. The maximum absolute atomic E-state index is 12.3. The average molecular weight is 556 g/mol. The molecule has 1 saturated carbocycles. The topological polar surface area (TPSA) is 111 Å². The molecule has 4 aromatic rings. The van der Waals surface area contributed by atoms with Gasteiger partial charge in [0.1, 0.15) is 14.6 Å². The molecule has 3 aromatic heterocycles. The molecule has 1 amide bonds. The summed E-state index contributed by atoms with van der Waals surface area (Å²) in [7, 11) is 1.69. The number of carbonyl (C=O) groups excluding carboxylic acids is 1. The highest BCUT2D eigenvalue weighted by molar-refractivity contribution is 9.10. The highest BCUT2D eigenvalue weighted by Gasteiger charge is 2.41. The Morgan fingerprint density at radius 3 is 2.89 bits per heavy atom. The molecule has 1 fully saturated rings. The molecule has 9 nitrogen and oxygen atoms in total. The predicted molar refractivity (Wildman–Crippen MR) is 141 cm³/mol. The SMILES string of the molecule is CCc1cc(-n2nc(Br)c3cnc(N[C@@H]4CC[C@@](C)(C(=O)NC)C4)nc32)ccc1-c1nnc(C)s1. The standard InChI is InChI=1S/C24H27BrN8OS/c1-5-14-10-16(6-7-17(14)21-31-30-13(2)35-21)33-20-18(19(25)32-33)12-27-23(29-20)28-15-8-9-24(3,11-15)22(34)26-4/h6-7,10,12,15H,5,8-9,11H2,1-4H3,(H,26,34)(H,27,28,29)/t15-,24-/m1/s1. The molecule has 0 saturated heterocycles. The summed E-state index contributed by atoms with van der Waals surface area (Å²) in [6, 6.07) is 6.38. The second kappa shape index (κ2) is 9.27. The third-order valence-corrected chi connectivity index (χ3v) is 8.16. The Kier molecular flexibility index (Phi) is 6.30. The van der Waals surface area contributed by atoms with Gasteiger partial charge in [-0.3, -0.25) is 4.79 Å². The van der Waals surface area contributed by atoms with Gasteiger partial charge in [-0.2, -0.15) is 10.1 Å². The number of hydrogen-bond acceptors (Lipinski definition) is 8. The van der Waals surface area contributed by atoms with E-state index in [0.717, 1.165) is 52.3 Å². The number of halogens is 1. The number of aryl methyl sites for hydroxylation is 2. The molecule has 0 bridgehead atoms. The molecule has 2 atom stereocenters. The van der Waals surface area contributed by atoms with Crippen LogP contribution in [0.3, 0.4) is 0 Å². The number of carbonyl (C=O) groups is 1. The van der Waals surface area contributed by atoms with Crippen LogP contribution in [-0.2, 0) is 11.2 Å². The normalized spacial score (nSPS) is 19.9. The number of benzene rings is 1. The maximum atomic E-state index is 12.3. The molecule has 182 valence electrons. The minimum atomic E-state index is -0.370. The number of aromatic nitrogens is 6. The molecule has 5 rings (SSSR count). The Balaban J connectivity index is 1.47. The van der Waals surface area contributed by atoms with Crippen molar-refractivity contribution in [1.29, 1.82) is 0 Å². The highest BCUT2D eigenvalue weighted by atomic mass is 79.9. The molecular weight excluding hydrogens is 528 g/mol. The van der Waals surface area contributed by atoms with Crippen molar-refractivity contribution in [3.63, 3.8) is 0 Å². The molecule has 1 aliphatic carbocycles. The summed E-state index contributed by atoms with van der Waals surface area (Å²) in [4.78, 5) is 21.6. The Morgan fingerprint density at radius 2 is 2.17 bits per heavy atom. The van der Waals surface area contributed by atoms with Gasteiger partial charge < -0.3 is 10.6 Å². The fourth-order valence-electron chi connectivity index (χ4n) is 4.79. The average Bonchev–Trinajstić information content (AvgIpc) is 3.55. The molecule has 0 aliphatic heterocycles. The van der Waals surface area contributed by atoms with E-state index in [-0.39, 0.29) is 17.4 Å². The number of fused-ring (bicyclic) bond motifs is 1. The molecule has 35 heavy (non-hydrogen) atoms. The lowest BCUT2D eigenvalue weighted by molar-refractivity contribution is -0.129. The van der Waals surface area contributed by atoms with Crippen LogP contribution in [0.1, 0.15) is 43.7 Å². The lowest BCUT2D eigenvalue weighted by Crippen LogP contribution is -2.35. The predicted octanol–water partition coefficient (Wildman–Crippen LogP) is 4.68. The Labute approximate surface area is 215 Å². The van der Waals surface area contributed by atoms with Gasteiger partial charge >= 0.3 is 0 Å². The number of rotatable bonds is 6. The minimum Gasteiger partial charge on any atom is -0.359 e. The largest absolute Gasteiger partial charge is 0.359 e.